The van der Waals surface area contributed by atoms with Crippen LogP contribution in [0.2, 0.25) is 0 Å². The van der Waals surface area contributed by atoms with Crippen molar-refractivity contribution < 1.29 is 4.92 Å². The number of nitrogens with zero attached hydrogens (tertiary/aromatic N) is 5. The van der Waals surface area contributed by atoms with Crippen LogP contribution in [-0.4, -0.2) is 24.4 Å². The minimum atomic E-state index is -0.412. The van der Waals surface area contributed by atoms with Gasteiger partial charge < -0.3 is 11.1 Å². The molecule has 4 rings (SSSR count). The maximum absolute atomic E-state index is 11.0. The summed E-state index contributed by atoms with van der Waals surface area (Å²) in [7, 11) is 0. The molecule has 0 bridgehead atoms. The number of nitro groups is 1. The minimum absolute atomic E-state index is 0.0463. The summed E-state index contributed by atoms with van der Waals surface area (Å²) in [4.78, 5) is 23.7. The molecule has 0 spiro atoms. The maximum Gasteiger partial charge on any atom is 0.269 e. The number of rotatable bonds is 5. The molecule has 0 saturated carbocycles. The first-order valence-electron chi connectivity index (χ1n) is 8.58. The Morgan fingerprint density at radius 1 is 1.18 bits per heavy atom. The number of hydrogen-bond acceptors (Lipinski definition) is 7. The Balaban J connectivity index is 1.62. The number of aromatic nitrogens is 4. The molecule has 0 aliphatic rings. The summed E-state index contributed by atoms with van der Waals surface area (Å²) in [5, 5.41) is 14.2. The molecule has 0 radical (unpaired) electrons. The second kappa shape index (κ2) is 6.95. The maximum atomic E-state index is 11.0. The number of non-ortho nitro benzene ring substituents is 1. The molecule has 9 heteroatoms. The van der Waals surface area contributed by atoms with Crippen LogP contribution in [0, 0.1) is 10.1 Å². The molecule has 0 saturated heterocycles. The number of anilines is 2. The second-order valence-corrected chi connectivity index (χ2v) is 6.32. The largest absolute Gasteiger partial charge is 0.399 e. The molecule has 0 fully saturated rings. The first-order chi connectivity index (χ1) is 13.5. The highest BCUT2D eigenvalue weighted by Crippen LogP contribution is 2.23. The van der Waals surface area contributed by atoms with E-state index in [1.807, 2.05) is 29.7 Å². The molecule has 4 aromatic rings. The van der Waals surface area contributed by atoms with Gasteiger partial charge in [-0.25, -0.2) is 9.97 Å². The minimum Gasteiger partial charge on any atom is -0.399 e. The summed E-state index contributed by atoms with van der Waals surface area (Å²) in [6.45, 7) is 1.89. The van der Waals surface area contributed by atoms with E-state index >= 15 is 0 Å². The Morgan fingerprint density at radius 3 is 2.86 bits per heavy atom. The van der Waals surface area contributed by atoms with Crippen molar-refractivity contribution >= 4 is 28.4 Å². The van der Waals surface area contributed by atoms with E-state index in [0.717, 1.165) is 16.6 Å². The molecule has 1 unspecified atom stereocenters. The lowest BCUT2D eigenvalue weighted by atomic mass is 10.1. The molecule has 140 valence electrons. The lowest BCUT2D eigenvalue weighted by Gasteiger charge is -2.14. The Morgan fingerprint density at radius 2 is 2.04 bits per heavy atom. The molecule has 2 heterocycles. The van der Waals surface area contributed by atoms with Gasteiger partial charge >= 0.3 is 0 Å². The topological polar surface area (TPSA) is 125 Å². The van der Waals surface area contributed by atoms with Crippen molar-refractivity contribution in [1.29, 1.82) is 0 Å². The van der Waals surface area contributed by atoms with Crippen LogP contribution in [0.25, 0.3) is 16.9 Å². The zero-order valence-electron chi connectivity index (χ0n) is 15.0. The van der Waals surface area contributed by atoms with E-state index in [0.29, 0.717) is 17.5 Å². The highest BCUT2D eigenvalue weighted by atomic mass is 16.6. The van der Waals surface area contributed by atoms with Crippen LogP contribution in [0.15, 0.2) is 61.1 Å². The van der Waals surface area contributed by atoms with Gasteiger partial charge in [-0.2, -0.15) is 4.98 Å². The average molecular weight is 375 g/mol. The third-order valence-corrected chi connectivity index (χ3v) is 4.39. The number of nitro benzene ring substituents is 1. The van der Waals surface area contributed by atoms with Crippen LogP contribution in [0.1, 0.15) is 18.5 Å². The lowest BCUT2D eigenvalue weighted by Crippen LogP contribution is -2.11. The molecular weight excluding hydrogens is 358 g/mol. The van der Waals surface area contributed by atoms with Crippen molar-refractivity contribution in [2.24, 2.45) is 0 Å². The van der Waals surface area contributed by atoms with Crippen LogP contribution in [0.4, 0.5) is 17.3 Å². The number of hydrogen-bond donors (Lipinski definition) is 2. The van der Waals surface area contributed by atoms with Crippen LogP contribution in [0.3, 0.4) is 0 Å². The lowest BCUT2D eigenvalue weighted by molar-refractivity contribution is -0.384. The first-order valence-corrected chi connectivity index (χ1v) is 8.58. The van der Waals surface area contributed by atoms with Crippen molar-refractivity contribution in [3.05, 3.63) is 76.7 Å². The summed E-state index contributed by atoms with van der Waals surface area (Å²) >= 11 is 0. The standard InChI is InChI=1S/C19H17N7O2/c1-12(13-3-2-4-15(9-13)26(27)28)23-19-21-8-7-18(24-19)25-11-22-16-10-14(20)5-6-17(16)25/h2-12H,20H2,1H3,(H,21,23,24). The zero-order valence-corrected chi connectivity index (χ0v) is 15.0. The number of imidazole rings is 1. The van der Waals surface area contributed by atoms with E-state index in [2.05, 4.69) is 20.3 Å². The van der Waals surface area contributed by atoms with E-state index in [9.17, 15) is 10.1 Å². The number of nitrogen functional groups attached to an aromatic ring is 1. The summed E-state index contributed by atoms with van der Waals surface area (Å²) < 4.78 is 1.85. The normalized spacial score (nSPS) is 12.0. The van der Waals surface area contributed by atoms with Crippen molar-refractivity contribution in [3.8, 4) is 5.82 Å². The fourth-order valence-corrected chi connectivity index (χ4v) is 2.95. The fraction of sp³-hybridized carbons (Fsp3) is 0.105. The van der Waals surface area contributed by atoms with Gasteiger partial charge in [0.15, 0.2) is 0 Å². The van der Waals surface area contributed by atoms with Crippen molar-refractivity contribution in [1.82, 2.24) is 19.5 Å². The predicted molar refractivity (Wildman–Crippen MR) is 106 cm³/mol. The Kier molecular flexibility index (Phi) is 4.32. The van der Waals surface area contributed by atoms with E-state index in [1.54, 1.807) is 30.7 Å². The monoisotopic (exact) mass is 375 g/mol. The third-order valence-electron chi connectivity index (χ3n) is 4.39. The summed E-state index contributed by atoms with van der Waals surface area (Å²) in [5.41, 5.74) is 8.93. The van der Waals surface area contributed by atoms with Crippen molar-refractivity contribution in [2.45, 2.75) is 13.0 Å². The van der Waals surface area contributed by atoms with Gasteiger partial charge in [0.2, 0.25) is 5.95 Å². The molecule has 0 aliphatic heterocycles. The van der Waals surface area contributed by atoms with Crippen LogP contribution < -0.4 is 11.1 Å². The summed E-state index contributed by atoms with van der Waals surface area (Å²) in [6, 6.07) is 13.5. The molecule has 3 N–H and O–H groups in total. The summed E-state index contributed by atoms with van der Waals surface area (Å²) in [6.07, 6.45) is 3.33. The quantitative estimate of drug-likeness (QED) is 0.311. The van der Waals surface area contributed by atoms with Crippen LogP contribution in [-0.2, 0) is 0 Å². The van der Waals surface area contributed by atoms with Gasteiger partial charge in [-0.3, -0.25) is 14.7 Å². The Hall–Kier alpha value is -4.01. The predicted octanol–water partition coefficient (Wildman–Crippen LogP) is 3.48. The van der Waals surface area contributed by atoms with Gasteiger partial charge in [-0.05, 0) is 36.8 Å². The summed E-state index contributed by atoms with van der Waals surface area (Å²) in [5.74, 6) is 1.06. The number of fused-ring (bicyclic) bond motifs is 1. The highest BCUT2D eigenvalue weighted by Gasteiger charge is 2.13. The van der Waals surface area contributed by atoms with Gasteiger partial charge in [0.1, 0.15) is 12.1 Å². The van der Waals surface area contributed by atoms with Crippen LogP contribution in [0.5, 0.6) is 0 Å². The number of nitrogens with one attached hydrogen (secondary N) is 1. The first kappa shape index (κ1) is 17.4. The number of nitrogens with two attached hydrogens (primary N) is 1. The molecule has 28 heavy (non-hydrogen) atoms. The molecular formula is C19H17N7O2. The van der Waals surface area contributed by atoms with Crippen molar-refractivity contribution in [2.75, 3.05) is 11.1 Å². The molecule has 2 aromatic heterocycles. The second-order valence-electron chi connectivity index (χ2n) is 6.32. The SMILES string of the molecule is CC(Nc1nccc(-n2cnc3cc(N)ccc32)n1)c1cccc([N+](=O)[O-])c1. The third kappa shape index (κ3) is 3.32. The zero-order chi connectivity index (χ0) is 19.7. The molecule has 0 aliphatic carbocycles. The van der Waals surface area contributed by atoms with E-state index in [-0.39, 0.29) is 11.7 Å². The van der Waals surface area contributed by atoms with E-state index < -0.39 is 4.92 Å². The van der Waals surface area contributed by atoms with Gasteiger partial charge in [0.05, 0.1) is 22.0 Å². The number of benzene rings is 2. The van der Waals surface area contributed by atoms with E-state index in [4.69, 9.17) is 5.73 Å². The molecule has 2 aromatic carbocycles. The van der Waals surface area contributed by atoms with Gasteiger partial charge in [0.25, 0.3) is 5.69 Å². The Bertz CT molecular complexity index is 1170. The van der Waals surface area contributed by atoms with Crippen molar-refractivity contribution in [3.63, 3.8) is 0 Å². The average Bonchev–Trinajstić information content (AvgIpc) is 3.11. The van der Waals surface area contributed by atoms with Gasteiger partial charge in [-0.1, -0.05) is 12.1 Å². The Labute approximate surface area is 160 Å². The highest BCUT2D eigenvalue weighted by molar-refractivity contribution is 5.80. The smallest absolute Gasteiger partial charge is 0.269 e. The van der Waals surface area contributed by atoms with Crippen LogP contribution >= 0.6 is 0 Å². The molecule has 9 nitrogen and oxygen atoms in total. The fourth-order valence-electron chi connectivity index (χ4n) is 2.95. The van der Waals surface area contributed by atoms with Gasteiger partial charge in [0, 0.05) is 24.0 Å². The molecule has 0 amide bonds. The van der Waals surface area contributed by atoms with E-state index in [1.165, 1.54) is 12.1 Å². The molecule has 1 atom stereocenters. The van der Waals surface area contributed by atoms with Gasteiger partial charge in [-0.15, -0.1) is 0 Å².